The van der Waals surface area contributed by atoms with Crippen molar-refractivity contribution in [3.63, 3.8) is 0 Å². The van der Waals surface area contributed by atoms with E-state index in [4.69, 9.17) is 10.2 Å². The molecule has 2 aromatic heterocycles. The topological polar surface area (TPSA) is 82.8 Å². The molecule has 2 heterocycles. The number of nitrogens with zero attached hydrogens (tertiary/aromatic N) is 4. The minimum atomic E-state index is 0.390. The van der Waals surface area contributed by atoms with Crippen molar-refractivity contribution in [3.8, 4) is 0 Å². The van der Waals surface area contributed by atoms with Gasteiger partial charge < -0.3 is 14.7 Å². The van der Waals surface area contributed by atoms with E-state index in [1.807, 2.05) is 25.5 Å². The maximum absolute atomic E-state index is 5.53. The first-order valence-electron chi connectivity index (χ1n) is 5.26. The van der Waals surface area contributed by atoms with E-state index in [-0.39, 0.29) is 0 Å². The van der Waals surface area contributed by atoms with Crippen molar-refractivity contribution in [2.45, 2.75) is 31.3 Å². The standard InChI is InChI=1S/C10H15N5OS/c1-6-7(2)16-9(12-6)5-17-10-14-13-8(4-11)15(10)3/h4-5,11H2,1-3H3. The van der Waals surface area contributed by atoms with E-state index >= 15 is 0 Å². The lowest BCUT2D eigenvalue weighted by Gasteiger charge is -1.99. The van der Waals surface area contributed by atoms with Crippen LogP contribution < -0.4 is 5.73 Å². The van der Waals surface area contributed by atoms with Gasteiger partial charge in [-0.3, -0.25) is 0 Å². The molecule has 17 heavy (non-hydrogen) atoms. The summed E-state index contributed by atoms with van der Waals surface area (Å²) in [6.45, 7) is 4.23. The summed E-state index contributed by atoms with van der Waals surface area (Å²) >= 11 is 1.54. The van der Waals surface area contributed by atoms with Crippen molar-refractivity contribution in [1.29, 1.82) is 0 Å². The molecule has 0 saturated carbocycles. The van der Waals surface area contributed by atoms with E-state index in [0.29, 0.717) is 18.2 Å². The number of rotatable bonds is 4. The van der Waals surface area contributed by atoms with Gasteiger partial charge in [-0.25, -0.2) is 4.98 Å². The zero-order chi connectivity index (χ0) is 12.4. The van der Waals surface area contributed by atoms with Crippen molar-refractivity contribution in [2.24, 2.45) is 12.8 Å². The van der Waals surface area contributed by atoms with Crippen molar-refractivity contribution in [1.82, 2.24) is 19.7 Å². The zero-order valence-corrected chi connectivity index (χ0v) is 10.9. The van der Waals surface area contributed by atoms with Crippen LogP contribution in [-0.4, -0.2) is 19.7 Å². The molecule has 0 spiro atoms. The Morgan fingerprint density at radius 3 is 2.65 bits per heavy atom. The molecule has 0 atom stereocenters. The fourth-order valence-electron chi connectivity index (χ4n) is 1.38. The number of aryl methyl sites for hydroxylation is 2. The van der Waals surface area contributed by atoms with Gasteiger partial charge in [0, 0.05) is 7.05 Å². The van der Waals surface area contributed by atoms with E-state index < -0.39 is 0 Å². The Kier molecular flexibility index (Phi) is 3.49. The fourth-order valence-corrected chi connectivity index (χ4v) is 2.15. The average molecular weight is 253 g/mol. The lowest BCUT2D eigenvalue weighted by Crippen LogP contribution is -2.05. The molecule has 2 N–H and O–H groups in total. The largest absolute Gasteiger partial charge is 0.445 e. The highest BCUT2D eigenvalue weighted by Gasteiger charge is 2.11. The second-order valence-electron chi connectivity index (χ2n) is 3.70. The molecule has 0 saturated heterocycles. The van der Waals surface area contributed by atoms with Crippen LogP contribution in [0, 0.1) is 13.8 Å². The summed E-state index contributed by atoms with van der Waals surface area (Å²) in [6.07, 6.45) is 0. The van der Waals surface area contributed by atoms with Crippen molar-refractivity contribution < 1.29 is 4.42 Å². The SMILES string of the molecule is Cc1nc(CSc2nnc(CN)n2C)oc1C. The Morgan fingerprint density at radius 2 is 2.12 bits per heavy atom. The monoisotopic (exact) mass is 253 g/mol. The van der Waals surface area contributed by atoms with Crippen molar-refractivity contribution >= 4 is 11.8 Å². The summed E-state index contributed by atoms with van der Waals surface area (Å²) in [6, 6.07) is 0. The summed E-state index contributed by atoms with van der Waals surface area (Å²) < 4.78 is 7.38. The van der Waals surface area contributed by atoms with Crippen LogP contribution in [0.4, 0.5) is 0 Å². The predicted octanol–water partition coefficient (Wildman–Crippen LogP) is 1.17. The third-order valence-corrected chi connectivity index (χ3v) is 3.51. The number of oxazole rings is 1. The maximum atomic E-state index is 5.53. The van der Waals surface area contributed by atoms with E-state index in [0.717, 1.165) is 22.4 Å². The minimum absolute atomic E-state index is 0.390. The summed E-state index contributed by atoms with van der Waals surface area (Å²) in [5.41, 5.74) is 6.46. The van der Waals surface area contributed by atoms with Crippen LogP contribution >= 0.6 is 11.8 Å². The molecule has 0 aromatic carbocycles. The molecule has 2 rings (SSSR count). The van der Waals surface area contributed by atoms with E-state index in [1.54, 1.807) is 0 Å². The quantitative estimate of drug-likeness (QED) is 0.824. The molecule has 7 heteroatoms. The normalized spacial score (nSPS) is 11.1. The van der Waals surface area contributed by atoms with Crippen LogP contribution in [0.3, 0.4) is 0 Å². The van der Waals surface area contributed by atoms with Gasteiger partial charge in [0.25, 0.3) is 0 Å². The highest BCUT2D eigenvalue weighted by atomic mass is 32.2. The molecule has 0 radical (unpaired) electrons. The molecular weight excluding hydrogens is 238 g/mol. The second-order valence-corrected chi connectivity index (χ2v) is 4.64. The van der Waals surface area contributed by atoms with Gasteiger partial charge in [0.15, 0.2) is 5.16 Å². The minimum Gasteiger partial charge on any atom is -0.445 e. The van der Waals surface area contributed by atoms with Crippen LogP contribution in [0.25, 0.3) is 0 Å². The summed E-state index contributed by atoms with van der Waals surface area (Å²) in [4.78, 5) is 4.31. The Balaban J connectivity index is 2.04. The van der Waals surface area contributed by atoms with Crippen molar-refractivity contribution in [3.05, 3.63) is 23.2 Å². The summed E-state index contributed by atoms with van der Waals surface area (Å²) in [5.74, 6) is 2.99. The predicted molar refractivity (Wildman–Crippen MR) is 64.4 cm³/mol. The molecule has 0 bridgehead atoms. The van der Waals surface area contributed by atoms with Gasteiger partial charge in [-0.05, 0) is 13.8 Å². The lowest BCUT2D eigenvalue weighted by atomic mass is 10.4. The molecule has 0 aliphatic rings. The molecule has 2 aromatic rings. The molecular formula is C10H15N5OS. The van der Waals surface area contributed by atoms with Crippen LogP contribution in [-0.2, 0) is 19.3 Å². The smallest absolute Gasteiger partial charge is 0.205 e. The summed E-state index contributed by atoms with van der Waals surface area (Å²) in [5, 5.41) is 8.86. The summed E-state index contributed by atoms with van der Waals surface area (Å²) in [7, 11) is 1.90. The van der Waals surface area contributed by atoms with Gasteiger partial charge in [-0.1, -0.05) is 11.8 Å². The van der Waals surface area contributed by atoms with Gasteiger partial charge in [0.2, 0.25) is 5.89 Å². The van der Waals surface area contributed by atoms with Crippen molar-refractivity contribution in [2.75, 3.05) is 0 Å². The molecule has 92 valence electrons. The highest BCUT2D eigenvalue weighted by molar-refractivity contribution is 7.98. The first-order chi connectivity index (χ1) is 8.11. The molecule has 0 unspecified atom stereocenters. The van der Waals surface area contributed by atoms with Gasteiger partial charge in [0.1, 0.15) is 11.6 Å². The number of aromatic nitrogens is 4. The molecule has 0 aliphatic heterocycles. The Labute approximate surface area is 104 Å². The van der Waals surface area contributed by atoms with Gasteiger partial charge in [-0.15, -0.1) is 10.2 Å². The van der Waals surface area contributed by atoms with E-state index in [2.05, 4.69) is 15.2 Å². The molecule has 0 aliphatic carbocycles. The van der Waals surface area contributed by atoms with E-state index in [9.17, 15) is 0 Å². The van der Waals surface area contributed by atoms with Gasteiger partial charge in [0.05, 0.1) is 18.0 Å². The number of hydrogen-bond donors (Lipinski definition) is 1. The Morgan fingerprint density at radius 1 is 1.35 bits per heavy atom. The van der Waals surface area contributed by atoms with Crippen LogP contribution in [0.2, 0.25) is 0 Å². The lowest BCUT2D eigenvalue weighted by molar-refractivity contribution is 0.489. The van der Waals surface area contributed by atoms with Crippen LogP contribution in [0.1, 0.15) is 23.2 Å². The van der Waals surface area contributed by atoms with E-state index in [1.165, 1.54) is 11.8 Å². The Bertz CT molecular complexity index is 499. The Hall–Kier alpha value is -1.34. The highest BCUT2D eigenvalue weighted by Crippen LogP contribution is 2.21. The maximum Gasteiger partial charge on any atom is 0.205 e. The molecule has 0 fully saturated rings. The number of nitrogens with two attached hydrogens (primary N) is 1. The van der Waals surface area contributed by atoms with Gasteiger partial charge in [-0.2, -0.15) is 0 Å². The van der Waals surface area contributed by atoms with Crippen LogP contribution in [0.5, 0.6) is 0 Å². The third-order valence-electron chi connectivity index (χ3n) is 2.51. The molecule has 6 nitrogen and oxygen atoms in total. The third kappa shape index (κ3) is 2.50. The number of hydrogen-bond acceptors (Lipinski definition) is 6. The second kappa shape index (κ2) is 4.89. The average Bonchev–Trinajstić information content (AvgIpc) is 2.81. The first kappa shape index (κ1) is 12.1. The number of thioether (sulfide) groups is 1. The van der Waals surface area contributed by atoms with Gasteiger partial charge >= 0.3 is 0 Å². The molecule has 0 amide bonds. The zero-order valence-electron chi connectivity index (χ0n) is 10.1. The van der Waals surface area contributed by atoms with Crippen LogP contribution in [0.15, 0.2) is 9.57 Å². The first-order valence-corrected chi connectivity index (χ1v) is 6.24. The fraction of sp³-hybridized carbons (Fsp3) is 0.500.